The predicted octanol–water partition coefficient (Wildman–Crippen LogP) is 3.42. The lowest BCUT2D eigenvalue weighted by molar-refractivity contribution is -0.384. The second-order valence-corrected chi connectivity index (χ2v) is 8.28. The third-order valence-corrected chi connectivity index (χ3v) is 6.50. The van der Waals surface area contributed by atoms with E-state index in [1.165, 1.54) is 23.1 Å². The van der Waals surface area contributed by atoms with Crippen molar-refractivity contribution in [2.75, 3.05) is 33.0 Å². The van der Waals surface area contributed by atoms with E-state index in [-0.39, 0.29) is 23.6 Å². The monoisotopic (exact) mass is 469 g/mol. The van der Waals surface area contributed by atoms with Crippen LogP contribution < -0.4 is 9.47 Å². The Bertz CT molecular complexity index is 1120. The van der Waals surface area contributed by atoms with E-state index >= 15 is 0 Å². The largest absolute Gasteiger partial charge is 0.481 e. The maximum atomic E-state index is 13.6. The average Bonchev–Trinajstić information content (AvgIpc) is 3.30. The quantitative estimate of drug-likeness (QED) is 0.438. The molecule has 2 heterocycles. The fourth-order valence-electron chi connectivity index (χ4n) is 4.73. The summed E-state index contributed by atoms with van der Waals surface area (Å²) in [5.74, 6) is -1.58. The molecule has 0 saturated carbocycles. The minimum Gasteiger partial charge on any atom is -0.481 e. The number of carboxylic acid groups (broad SMARTS) is 1. The van der Waals surface area contributed by atoms with E-state index in [1.807, 2.05) is 0 Å². The molecule has 34 heavy (non-hydrogen) atoms. The maximum Gasteiger partial charge on any atom is 0.313 e. The van der Waals surface area contributed by atoms with E-state index < -0.39 is 28.8 Å². The Morgan fingerprint density at radius 3 is 2.59 bits per heavy atom. The Labute approximate surface area is 196 Å². The van der Waals surface area contributed by atoms with Gasteiger partial charge in [0.2, 0.25) is 6.79 Å². The van der Waals surface area contributed by atoms with Crippen LogP contribution in [0.3, 0.4) is 0 Å². The molecule has 180 valence electrons. The molecule has 0 aliphatic carbocycles. The van der Waals surface area contributed by atoms with Gasteiger partial charge in [0.05, 0.1) is 16.5 Å². The fourth-order valence-corrected chi connectivity index (χ4v) is 4.73. The number of carboxylic acids is 1. The Kier molecular flexibility index (Phi) is 6.69. The molecule has 10 nitrogen and oxygen atoms in total. The lowest BCUT2D eigenvalue weighted by Gasteiger charge is -2.41. The molecule has 0 spiro atoms. The van der Waals surface area contributed by atoms with Crippen molar-refractivity contribution in [1.29, 1.82) is 0 Å². The third-order valence-electron chi connectivity index (χ3n) is 6.50. The first kappa shape index (κ1) is 23.5. The molecule has 2 aliphatic heterocycles. The lowest BCUT2D eigenvalue weighted by Crippen LogP contribution is -2.46. The van der Waals surface area contributed by atoms with Crippen molar-refractivity contribution in [1.82, 2.24) is 9.80 Å². The van der Waals surface area contributed by atoms with Gasteiger partial charge in [-0.05, 0) is 49.3 Å². The van der Waals surface area contributed by atoms with Gasteiger partial charge >= 0.3 is 5.97 Å². The van der Waals surface area contributed by atoms with Crippen LogP contribution in [0.15, 0.2) is 36.4 Å². The van der Waals surface area contributed by atoms with Crippen molar-refractivity contribution >= 4 is 17.6 Å². The highest BCUT2D eigenvalue weighted by Crippen LogP contribution is 2.46. The molecule has 0 fully saturated rings. The molecule has 2 aliphatic rings. The highest BCUT2D eigenvalue weighted by molar-refractivity contribution is 6.01. The highest BCUT2D eigenvalue weighted by atomic mass is 16.7. The first-order valence-electron chi connectivity index (χ1n) is 11.3. The Morgan fingerprint density at radius 1 is 1.18 bits per heavy atom. The van der Waals surface area contributed by atoms with E-state index in [1.54, 1.807) is 18.2 Å². The number of benzene rings is 2. The zero-order valence-electron chi connectivity index (χ0n) is 19.1. The van der Waals surface area contributed by atoms with Gasteiger partial charge in [0, 0.05) is 18.7 Å². The van der Waals surface area contributed by atoms with Crippen LogP contribution in [0.2, 0.25) is 0 Å². The molecule has 2 atom stereocenters. The van der Waals surface area contributed by atoms with Crippen molar-refractivity contribution in [3.05, 3.63) is 63.2 Å². The topological polar surface area (TPSA) is 122 Å². The van der Waals surface area contributed by atoms with Crippen LogP contribution in [-0.4, -0.2) is 64.7 Å². The smallest absolute Gasteiger partial charge is 0.313 e. The van der Waals surface area contributed by atoms with Crippen LogP contribution in [-0.2, 0) is 4.79 Å². The number of nitro groups is 1. The zero-order valence-corrected chi connectivity index (χ0v) is 19.1. The van der Waals surface area contributed by atoms with Crippen molar-refractivity contribution in [2.24, 2.45) is 0 Å². The van der Waals surface area contributed by atoms with Gasteiger partial charge in [0.15, 0.2) is 11.5 Å². The number of fused-ring (bicyclic) bond motifs is 2. The summed E-state index contributed by atoms with van der Waals surface area (Å²) in [5.41, 5.74) is 0.685. The molecule has 2 unspecified atom stereocenters. The van der Waals surface area contributed by atoms with Gasteiger partial charge < -0.3 is 24.4 Å². The number of rotatable bonds is 9. The molecular weight excluding hydrogens is 442 g/mol. The van der Waals surface area contributed by atoms with E-state index in [4.69, 9.17) is 9.47 Å². The van der Waals surface area contributed by atoms with Crippen LogP contribution in [0, 0.1) is 10.1 Å². The summed E-state index contributed by atoms with van der Waals surface area (Å²) in [4.78, 5) is 40.7. The van der Waals surface area contributed by atoms with E-state index in [9.17, 15) is 24.8 Å². The van der Waals surface area contributed by atoms with Crippen molar-refractivity contribution in [3.63, 3.8) is 0 Å². The Balaban J connectivity index is 1.79. The van der Waals surface area contributed by atoms with E-state index in [2.05, 4.69) is 18.7 Å². The summed E-state index contributed by atoms with van der Waals surface area (Å²) in [6.45, 7) is 6.96. The number of nitrogens with zero attached hydrogens (tertiary/aromatic N) is 3. The summed E-state index contributed by atoms with van der Waals surface area (Å²) in [7, 11) is 0. The molecule has 0 bridgehead atoms. The summed E-state index contributed by atoms with van der Waals surface area (Å²) >= 11 is 0. The van der Waals surface area contributed by atoms with Gasteiger partial charge in [0.25, 0.3) is 11.6 Å². The predicted molar refractivity (Wildman–Crippen MR) is 122 cm³/mol. The van der Waals surface area contributed by atoms with Crippen LogP contribution in [0.4, 0.5) is 5.69 Å². The number of ether oxygens (including phenoxy) is 2. The normalized spacial score (nSPS) is 18.8. The first-order valence-corrected chi connectivity index (χ1v) is 11.3. The maximum absolute atomic E-state index is 13.6. The van der Waals surface area contributed by atoms with Gasteiger partial charge in [-0.1, -0.05) is 26.0 Å². The molecule has 0 aromatic heterocycles. The molecule has 0 radical (unpaired) electrons. The second kappa shape index (κ2) is 9.68. The van der Waals surface area contributed by atoms with Crippen LogP contribution >= 0.6 is 0 Å². The molecule has 1 amide bonds. The molecular formula is C24H27N3O7. The molecule has 2 aromatic rings. The first-order chi connectivity index (χ1) is 16.3. The Morgan fingerprint density at radius 2 is 1.91 bits per heavy atom. The number of nitro benzene ring substituents is 1. The van der Waals surface area contributed by atoms with Crippen LogP contribution in [0.25, 0.3) is 0 Å². The zero-order chi connectivity index (χ0) is 24.4. The number of aliphatic carboxylic acids is 1. The number of hydrogen-bond acceptors (Lipinski definition) is 7. The fraction of sp³-hybridized carbons (Fsp3) is 0.417. The minimum absolute atomic E-state index is 0.0569. The minimum atomic E-state index is -1.11. The van der Waals surface area contributed by atoms with Crippen molar-refractivity contribution in [2.45, 2.75) is 32.2 Å². The van der Waals surface area contributed by atoms with Gasteiger partial charge in [-0.3, -0.25) is 19.7 Å². The van der Waals surface area contributed by atoms with E-state index in [0.29, 0.717) is 30.0 Å². The lowest BCUT2D eigenvalue weighted by atomic mass is 9.79. The van der Waals surface area contributed by atoms with Crippen LogP contribution in [0.1, 0.15) is 53.7 Å². The highest BCUT2D eigenvalue weighted by Gasteiger charge is 2.45. The number of carbonyl (C=O) groups excluding carboxylic acids is 1. The molecule has 2 aromatic carbocycles. The SMILES string of the molecule is CCN(CC)CCCN1C(=O)c2cc([N+](=O)[O-])ccc2C(C(=O)O)C1c1ccc2c(c1)OCO2. The second-order valence-electron chi connectivity index (χ2n) is 8.28. The van der Waals surface area contributed by atoms with Crippen molar-refractivity contribution < 1.29 is 29.1 Å². The number of carbonyl (C=O) groups is 2. The summed E-state index contributed by atoms with van der Waals surface area (Å²) in [6.07, 6.45) is 0.630. The van der Waals surface area contributed by atoms with Gasteiger partial charge in [-0.2, -0.15) is 0 Å². The molecule has 4 rings (SSSR count). The van der Waals surface area contributed by atoms with Gasteiger partial charge in [-0.25, -0.2) is 0 Å². The van der Waals surface area contributed by atoms with Gasteiger partial charge in [0.1, 0.15) is 5.92 Å². The Hall–Kier alpha value is -3.66. The standard InChI is InChI=1S/C24H27N3O7/c1-3-25(4-2)10-5-11-26-22(15-6-9-19-20(12-15)34-14-33-19)21(24(29)30)17-8-7-16(27(31)32)13-18(17)23(26)28/h6-9,12-13,21-22H,3-5,10-11,14H2,1-2H3,(H,29,30). The van der Waals surface area contributed by atoms with E-state index in [0.717, 1.165) is 19.6 Å². The van der Waals surface area contributed by atoms with Crippen LogP contribution in [0.5, 0.6) is 11.5 Å². The van der Waals surface area contributed by atoms with Gasteiger partial charge in [-0.15, -0.1) is 0 Å². The van der Waals surface area contributed by atoms with Crippen molar-refractivity contribution in [3.8, 4) is 11.5 Å². The third kappa shape index (κ3) is 4.28. The summed E-state index contributed by atoms with van der Waals surface area (Å²) in [5, 5.41) is 21.6. The summed E-state index contributed by atoms with van der Waals surface area (Å²) < 4.78 is 10.9. The molecule has 1 N–H and O–H groups in total. The summed E-state index contributed by atoms with van der Waals surface area (Å²) in [6, 6.07) is 8.18. The molecule has 0 saturated heterocycles. The number of hydrogen-bond donors (Lipinski definition) is 1. The number of amides is 1. The number of non-ortho nitro benzene ring substituents is 1. The average molecular weight is 469 g/mol. The molecule has 10 heteroatoms.